The van der Waals surface area contributed by atoms with Crippen LogP contribution in [0.2, 0.25) is 0 Å². The van der Waals surface area contributed by atoms with Gasteiger partial charge in [-0.15, -0.1) is 0 Å². The second kappa shape index (κ2) is 4.39. The minimum atomic E-state index is -4.50. The summed E-state index contributed by atoms with van der Waals surface area (Å²) >= 11 is 0. The van der Waals surface area contributed by atoms with Crippen molar-refractivity contribution >= 4 is 0 Å². The topological polar surface area (TPSA) is 55.5 Å². The van der Waals surface area contributed by atoms with Crippen LogP contribution in [0.4, 0.5) is 13.2 Å². The first-order chi connectivity index (χ1) is 6.91. The van der Waals surface area contributed by atoms with Crippen molar-refractivity contribution in [1.82, 2.24) is 0 Å². The lowest BCUT2D eigenvalue weighted by Gasteiger charge is -2.16. The lowest BCUT2D eigenvalue weighted by Crippen LogP contribution is -2.42. The van der Waals surface area contributed by atoms with E-state index in [2.05, 4.69) is 0 Å². The van der Waals surface area contributed by atoms with E-state index in [-0.39, 0.29) is 11.5 Å². The molecule has 0 heterocycles. The number of aromatic hydroxyl groups is 1. The van der Waals surface area contributed by atoms with Crippen molar-refractivity contribution in [3.8, 4) is 11.5 Å². The molecule has 1 atom stereocenters. The predicted molar refractivity (Wildman–Crippen MR) is 47.6 cm³/mol. The highest BCUT2D eigenvalue weighted by Gasteiger charge is 2.37. The molecular weight excluding hydrogens is 211 g/mol. The maximum absolute atomic E-state index is 12.0. The molecule has 0 aliphatic rings. The summed E-state index contributed by atoms with van der Waals surface area (Å²) in [5.41, 5.74) is 4.82. The number of alkyl halides is 3. The average Bonchev–Trinajstić information content (AvgIpc) is 2.14. The van der Waals surface area contributed by atoms with Crippen LogP contribution in [0.3, 0.4) is 0 Å². The lowest BCUT2D eigenvalue weighted by atomic mass is 10.3. The van der Waals surface area contributed by atoms with Crippen LogP contribution < -0.4 is 10.5 Å². The molecule has 0 radical (unpaired) electrons. The number of halogens is 3. The Morgan fingerprint density at radius 3 is 2.47 bits per heavy atom. The number of hydrogen-bond donors (Lipinski definition) is 2. The van der Waals surface area contributed by atoms with E-state index in [0.717, 1.165) is 0 Å². The number of phenols is 1. The van der Waals surface area contributed by atoms with Crippen molar-refractivity contribution in [3.63, 3.8) is 0 Å². The van der Waals surface area contributed by atoms with Gasteiger partial charge in [0.1, 0.15) is 12.6 Å². The maximum atomic E-state index is 12.0. The Morgan fingerprint density at radius 1 is 1.33 bits per heavy atom. The molecule has 3 N–H and O–H groups in total. The average molecular weight is 221 g/mol. The normalized spacial score (nSPS) is 13.6. The van der Waals surface area contributed by atoms with Crippen LogP contribution in [-0.2, 0) is 0 Å². The second-order valence-electron chi connectivity index (χ2n) is 2.93. The number of nitrogens with two attached hydrogens (primary N) is 1. The Bertz CT molecular complexity index is 327. The Hall–Kier alpha value is -1.43. The van der Waals surface area contributed by atoms with Crippen molar-refractivity contribution in [2.75, 3.05) is 6.61 Å². The van der Waals surface area contributed by atoms with Gasteiger partial charge in [-0.1, -0.05) is 12.1 Å². The third-order valence-corrected chi connectivity index (χ3v) is 1.70. The zero-order valence-electron chi connectivity index (χ0n) is 7.66. The maximum Gasteiger partial charge on any atom is 0.406 e. The van der Waals surface area contributed by atoms with E-state index < -0.39 is 18.8 Å². The van der Waals surface area contributed by atoms with Crippen LogP contribution in [-0.4, -0.2) is 23.9 Å². The number of phenolic OH excluding ortho intramolecular Hbond substituents is 1. The molecule has 0 saturated carbocycles. The summed E-state index contributed by atoms with van der Waals surface area (Å²) < 4.78 is 40.7. The Labute approximate surface area is 84.3 Å². The van der Waals surface area contributed by atoms with Crippen LogP contribution in [0.25, 0.3) is 0 Å². The van der Waals surface area contributed by atoms with Gasteiger partial charge >= 0.3 is 6.18 Å². The first-order valence-corrected chi connectivity index (χ1v) is 4.14. The molecule has 0 bridgehead atoms. The van der Waals surface area contributed by atoms with Crippen LogP contribution >= 0.6 is 0 Å². The van der Waals surface area contributed by atoms with Gasteiger partial charge in [-0.05, 0) is 12.1 Å². The number of rotatable bonds is 3. The fourth-order valence-electron chi connectivity index (χ4n) is 0.853. The van der Waals surface area contributed by atoms with Gasteiger partial charge in [-0.2, -0.15) is 13.2 Å². The molecule has 0 saturated heterocycles. The molecule has 84 valence electrons. The first-order valence-electron chi connectivity index (χ1n) is 4.14. The summed E-state index contributed by atoms with van der Waals surface area (Å²) in [7, 11) is 0. The minimum Gasteiger partial charge on any atom is -0.504 e. The van der Waals surface area contributed by atoms with E-state index in [0.29, 0.717) is 0 Å². The third kappa shape index (κ3) is 3.32. The van der Waals surface area contributed by atoms with Crippen LogP contribution in [0.15, 0.2) is 24.3 Å². The number of ether oxygens (including phenoxy) is 1. The molecule has 1 aromatic carbocycles. The van der Waals surface area contributed by atoms with Crippen molar-refractivity contribution in [2.24, 2.45) is 5.73 Å². The fourth-order valence-corrected chi connectivity index (χ4v) is 0.853. The molecule has 1 unspecified atom stereocenters. The Morgan fingerprint density at radius 2 is 1.93 bits per heavy atom. The van der Waals surface area contributed by atoms with Gasteiger partial charge in [0.25, 0.3) is 0 Å². The van der Waals surface area contributed by atoms with Gasteiger partial charge < -0.3 is 15.6 Å². The van der Waals surface area contributed by atoms with E-state index >= 15 is 0 Å². The van der Waals surface area contributed by atoms with E-state index in [9.17, 15) is 18.3 Å². The Balaban J connectivity index is 2.55. The van der Waals surface area contributed by atoms with Crippen LogP contribution in [0, 0.1) is 0 Å². The zero-order chi connectivity index (χ0) is 11.5. The van der Waals surface area contributed by atoms with Gasteiger partial charge in [0, 0.05) is 0 Å². The highest BCUT2D eigenvalue weighted by molar-refractivity contribution is 5.37. The molecule has 0 amide bonds. The molecule has 6 heteroatoms. The largest absolute Gasteiger partial charge is 0.504 e. The second-order valence-corrected chi connectivity index (χ2v) is 2.93. The van der Waals surface area contributed by atoms with E-state index in [1.807, 2.05) is 0 Å². The summed E-state index contributed by atoms with van der Waals surface area (Å²) in [5.74, 6) is -0.232. The van der Waals surface area contributed by atoms with Crippen molar-refractivity contribution < 1.29 is 23.0 Å². The molecule has 0 aliphatic carbocycles. The van der Waals surface area contributed by atoms with Crippen molar-refractivity contribution in [3.05, 3.63) is 24.3 Å². The van der Waals surface area contributed by atoms with E-state index in [1.54, 1.807) is 0 Å². The highest BCUT2D eigenvalue weighted by atomic mass is 19.4. The molecule has 3 nitrogen and oxygen atoms in total. The molecular formula is C9H10F3NO2. The monoisotopic (exact) mass is 221 g/mol. The summed E-state index contributed by atoms with van der Waals surface area (Å²) in [6, 6.07) is 3.68. The summed E-state index contributed by atoms with van der Waals surface area (Å²) in [6.45, 7) is -0.721. The van der Waals surface area contributed by atoms with Gasteiger partial charge in [0.2, 0.25) is 0 Å². The predicted octanol–water partition coefficient (Wildman–Crippen LogP) is 1.66. The van der Waals surface area contributed by atoms with Crippen LogP contribution in [0.1, 0.15) is 0 Å². The molecule has 1 rings (SSSR count). The minimum absolute atomic E-state index is 0.0165. The third-order valence-electron chi connectivity index (χ3n) is 1.70. The standard InChI is InChI=1S/C9H10F3NO2/c10-9(11,12)8(13)5-15-7-4-2-1-3-6(7)14/h1-4,8,14H,5,13H2. The van der Waals surface area contributed by atoms with E-state index in [1.165, 1.54) is 24.3 Å². The molecule has 0 fully saturated rings. The van der Waals surface area contributed by atoms with Crippen molar-refractivity contribution in [1.29, 1.82) is 0 Å². The van der Waals surface area contributed by atoms with E-state index in [4.69, 9.17) is 10.5 Å². The highest BCUT2D eigenvalue weighted by Crippen LogP contribution is 2.25. The van der Waals surface area contributed by atoms with Crippen LogP contribution in [0.5, 0.6) is 11.5 Å². The number of hydrogen-bond acceptors (Lipinski definition) is 3. The van der Waals surface area contributed by atoms with Gasteiger partial charge in [0.15, 0.2) is 11.5 Å². The number of para-hydroxylation sites is 2. The Kier molecular flexibility index (Phi) is 3.41. The molecule has 0 aromatic heterocycles. The summed E-state index contributed by atoms with van der Waals surface area (Å²) in [6.07, 6.45) is -4.50. The lowest BCUT2D eigenvalue weighted by molar-refractivity contribution is -0.153. The first kappa shape index (κ1) is 11.6. The van der Waals surface area contributed by atoms with Gasteiger partial charge in [-0.3, -0.25) is 0 Å². The molecule has 0 spiro atoms. The molecule has 1 aromatic rings. The summed E-state index contributed by atoms with van der Waals surface area (Å²) in [5, 5.41) is 9.18. The summed E-state index contributed by atoms with van der Waals surface area (Å²) in [4.78, 5) is 0. The fraction of sp³-hybridized carbons (Fsp3) is 0.333. The molecule has 15 heavy (non-hydrogen) atoms. The smallest absolute Gasteiger partial charge is 0.406 e. The van der Waals surface area contributed by atoms with Gasteiger partial charge in [0.05, 0.1) is 0 Å². The number of benzene rings is 1. The van der Waals surface area contributed by atoms with Crippen molar-refractivity contribution in [2.45, 2.75) is 12.2 Å². The SMILES string of the molecule is NC(COc1ccccc1O)C(F)(F)F. The zero-order valence-corrected chi connectivity index (χ0v) is 7.66. The molecule has 0 aliphatic heterocycles. The quantitative estimate of drug-likeness (QED) is 0.816. The van der Waals surface area contributed by atoms with Gasteiger partial charge in [-0.25, -0.2) is 0 Å².